The molecule has 2 aromatic heterocycles. The molecule has 1 aliphatic rings. The second-order valence-electron chi connectivity index (χ2n) is 6.74. The van der Waals surface area contributed by atoms with Crippen LogP contribution in [-0.2, 0) is 6.42 Å². The Morgan fingerprint density at radius 1 is 1.40 bits per heavy atom. The zero-order valence-corrected chi connectivity index (χ0v) is 12.5. The molecule has 1 aliphatic carbocycles. The van der Waals surface area contributed by atoms with Crippen molar-refractivity contribution in [2.45, 2.75) is 45.7 Å². The number of pyridine rings is 1. The maximum atomic E-state index is 6.35. The Kier molecular flexibility index (Phi) is 3.17. The van der Waals surface area contributed by atoms with Crippen molar-refractivity contribution >= 4 is 0 Å². The smallest absolute Gasteiger partial charge is 0.0569 e. The Bertz CT molecular complexity index is 598. The summed E-state index contributed by atoms with van der Waals surface area (Å²) < 4.78 is 2.37. The van der Waals surface area contributed by atoms with E-state index in [-0.39, 0.29) is 11.5 Å². The van der Waals surface area contributed by atoms with Gasteiger partial charge >= 0.3 is 0 Å². The third-order valence-electron chi connectivity index (χ3n) is 4.46. The average molecular weight is 269 g/mol. The van der Waals surface area contributed by atoms with E-state index in [4.69, 9.17) is 5.73 Å². The lowest BCUT2D eigenvalue weighted by Crippen LogP contribution is -2.31. The molecule has 0 spiro atoms. The predicted molar refractivity (Wildman–Crippen MR) is 81.5 cm³/mol. The van der Waals surface area contributed by atoms with Crippen LogP contribution >= 0.6 is 0 Å². The van der Waals surface area contributed by atoms with Crippen LogP contribution in [0.1, 0.15) is 56.1 Å². The Morgan fingerprint density at radius 3 is 2.90 bits per heavy atom. The van der Waals surface area contributed by atoms with Crippen LogP contribution in [0.2, 0.25) is 0 Å². The van der Waals surface area contributed by atoms with Crippen molar-refractivity contribution in [2.75, 3.05) is 0 Å². The zero-order chi connectivity index (χ0) is 14.3. The SMILES string of the molecule is CC(c1cccnc1)n1ccc2c1CC(C)(C)CC2N. The van der Waals surface area contributed by atoms with Crippen molar-refractivity contribution in [3.8, 4) is 0 Å². The van der Waals surface area contributed by atoms with Gasteiger partial charge in [-0.1, -0.05) is 19.9 Å². The molecule has 0 fully saturated rings. The maximum Gasteiger partial charge on any atom is 0.0569 e. The molecule has 3 rings (SSSR count). The van der Waals surface area contributed by atoms with Gasteiger partial charge in [0, 0.05) is 30.3 Å². The van der Waals surface area contributed by atoms with Gasteiger partial charge in [0.15, 0.2) is 0 Å². The van der Waals surface area contributed by atoms with Crippen molar-refractivity contribution in [1.29, 1.82) is 0 Å². The minimum atomic E-state index is 0.163. The first-order valence-corrected chi connectivity index (χ1v) is 7.33. The molecule has 2 heterocycles. The Morgan fingerprint density at radius 2 is 2.20 bits per heavy atom. The van der Waals surface area contributed by atoms with Gasteiger partial charge in [-0.15, -0.1) is 0 Å². The minimum absolute atomic E-state index is 0.163. The number of fused-ring (bicyclic) bond motifs is 1. The summed E-state index contributed by atoms with van der Waals surface area (Å²) in [6.07, 6.45) is 8.11. The topological polar surface area (TPSA) is 43.8 Å². The number of nitrogens with zero attached hydrogens (tertiary/aromatic N) is 2. The van der Waals surface area contributed by atoms with Gasteiger partial charge < -0.3 is 10.3 Å². The predicted octanol–water partition coefficient (Wildman–Crippen LogP) is 3.46. The van der Waals surface area contributed by atoms with E-state index in [0.717, 1.165) is 12.8 Å². The summed E-state index contributed by atoms with van der Waals surface area (Å²) in [4.78, 5) is 4.23. The fourth-order valence-corrected chi connectivity index (χ4v) is 3.40. The van der Waals surface area contributed by atoms with Crippen LogP contribution in [0.3, 0.4) is 0 Å². The van der Waals surface area contributed by atoms with Crippen LogP contribution in [0.4, 0.5) is 0 Å². The molecular formula is C17H23N3. The third kappa shape index (κ3) is 2.27. The number of nitrogens with two attached hydrogens (primary N) is 1. The summed E-state index contributed by atoms with van der Waals surface area (Å²) >= 11 is 0. The largest absolute Gasteiger partial charge is 0.344 e. The van der Waals surface area contributed by atoms with Crippen LogP contribution in [0.25, 0.3) is 0 Å². The molecule has 2 unspecified atom stereocenters. The summed E-state index contributed by atoms with van der Waals surface area (Å²) in [6, 6.07) is 6.79. The van der Waals surface area contributed by atoms with E-state index in [9.17, 15) is 0 Å². The monoisotopic (exact) mass is 269 g/mol. The van der Waals surface area contributed by atoms with E-state index >= 15 is 0 Å². The summed E-state index contributed by atoms with van der Waals surface area (Å²) in [7, 11) is 0. The molecule has 20 heavy (non-hydrogen) atoms. The van der Waals surface area contributed by atoms with Crippen LogP contribution in [-0.4, -0.2) is 9.55 Å². The number of hydrogen-bond acceptors (Lipinski definition) is 2. The minimum Gasteiger partial charge on any atom is -0.344 e. The molecule has 0 bridgehead atoms. The summed E-state index contributed by atoms with van der Waals surface area (Å²) in [5.74, 6) is 0. The average Bonchev–Trinajstić information content (AvgIpc) is 2.81. The van der Waals surface area contributed by atoms with Gasteiger partial charge in [0.2, 0.25) is 0 Å². The molecule has 0 saturated heterocycles. The molecule has 3 nitrogen and oxygen atoms in total. The number of aromatic nitrogens is 2. The van der Waals surface area contributed by atoms with Crippen LogP contribution in [0.15, 0.2) is 36.8 Å². The molecule has 0 radical (unpaired) electrons. The quantitative estimate of drug-likeness (QED) is 0.907. The number of hydrogen-bond donors (Lipinski definition) is 1. The van der Waals surface area contributed by atoms with Crippen molar-refractivity contribution in [1.82, 2.24) is 9.55 Å². The van der Waals surface area contributed by atoms with Gasteiger partial charge in [0.1, 0.15) is 0 Å². The van der Waals surface area contributed by atoms with E-state index in [1.54, 1.807) is 0 Å². The van der Waals surface area contributed by atoms with E-state index in [1.165, 1.54) is 16.8 Å². The molecule has 2 aromatic rings. The first kappa shape index (κ1) is 13.4. The Balaban J connectivity index is 2.01. The second kappa shape index (κ2) is 4.74. The molecule has 0 aromatic carbocycles. The summed E-state index contributed by atoms with van der Waals surface area (Å²) in [6.45, 7) is 6.84. The molecule has 2 N–H and O–H groups in total. The molecule has 0 amide bonds. The number of rotatable bonds is 2. The fourth-order valence-electron chi connectivity index (χ4n) is 3.40. The van der Waals surface area contributed by atoms with Crippen LogP contribution in [0.5, 0.6) is 0 Å². The van der Waals surface area contributed by atoms with Gasteiger partial charge in [0.05, 0.1) is 6.04 Å². The highest BCUT2D eigenvalue weighted by molar-refractivity contribution is 5.32. The fraction of sp³-hybridized carbons (Fsp3) is 0.471. The van der Waals surface area contributed by atoms with Gasteiger partial charge in [0.25, 0.3) is 0 Å². The van der Waals surface area contributed by atoms with Gasteiger partial charge in [-0.05, 0) is 48.4 Å². The maximum absolute atomic E-state index is 6.35. The summed E-state index contributed by atoms with van der Waals surface area (Å²) in [5.41, 5.74) is 10.6. The van der Waals surface area contributed by atoms with E-state index in [1.807, 2.05) is 18.5 Å². The van der Waals surface area contributed by atoms with Crippen molar-refractivity contribution in [2.24, 2.45) is 11.1 Å². The Labute approximate surface area is 120 Å². The first-order chi connectivity index (χ1) is 9.48. The van der Waals surface area contributed by atoms with E-state index in [2.05, 4.69) is 48.7 Å². The highest BCUT2D eigenvalue weighted by Crippen LogP contribution is 2.41. The van der Waals surface area contributed by atoms with Crippen molar-refractivity contribution < 1.29 is 0 Å². The van der Waals surface area contributed by atoms with Crippen LogP contribution in [0, 0.1) is 5.41 Å². The van der Waals surface area contributed by atoms with Crippen molar-refractivity contribution in [3.05, 3.63) is 53.6 Å². The molecule has 0 saturated carbocycles. The van der Waals surface area contributed by atoms with Gasteiger partial charge in [-0.2, -0.15) is 0 Å². The molecular weight excluding hydrogens is 246 g/mol. The normalized spacial score (nSPS) is 22.3. The Hall–Kier alpha value is -1.61. The van der Waals surface area contributed by atoms with Gasteiger partial charge in [-0.3, -0.25) is 4.98 Å². The lowest BCUT2D eigenvalue weighted by molar-refractivity contribution is 0.274. The molecule has 0 aliphatic heterocycles. The highest BCUT2D eigenvalue weighted by atomic mass is 15.0. The zero-order valence-electron chi connectivity index (χ0n) is 12.5. The van der Waals surface area contributed by atoms with Crippen LogP contribution < -0.4 is 5.73 Å². The first-order valence-electron chi connectivity index (χ1n) is 7.33. The lowest BCUT2D eigenvalue weighted by Gasteiger charge is -2.35. The third-order valence-corrected chi connectivity index (χ3v) is 4.46. The highest BCUT2D eigenvalue weighted by Gasteiger charge is 2.33. The summed E-state index contributed by atoms with van der Waals surface area (Å²) in [5, 5.41) is 0. The standard InChI is InChI=1S/C17H23N3/c1-12(13-5-4-7-19-11-13)20-8-6-14-15(18)9-17(2,3)10-16(14)20/h4-8,11-12,15H,9-10,18H2,1-3H3. The second-order valence-corrected chi connectivity index (χ2v) is 6.74. The van der Waals surface area contributed by atoms with Crippen molar-refractivity contribution in [3.63, 3.8) is 0 Å². The molecule has 2 atom stereocenters. The molecule has 3 heteroatoms. The lowest BCUT2D eigenvalue weighted by atomic mass is 9.74. The van der Waals surface area contributed by atoms with E-state index < -0.39 is 0 Å². The van der Waals surface area contributed by atoms with Gasteiger partial charge in [-0.25, -0.2) is 0 Å². The molecule has 106 valence electrons. The van der Waals surface area contributed by atoms with E-state index in [0.29, 0.717) is 6.04 Å².